The Kier molecular flexibility index (Phi) is 5.34. The van der Waals surface area contributed by atoms with Crippen LogP contribution in [0.5, 0.6) is 0 Å². The lowest BCUT2D eigenvalue weighted by Gasteiger charge is -2.32. The van der Waals surface area contributed by atoms with Crippen LogP contribution in [0.4, 0.5) is 10.5 Å². The molecule has 0 spiro atoms. The van der Waals surface area contributed by atoms with Gasteiger partial charge >= 0.3 is 6.03 Å². The van der Waals surface area contributed by atoms with Crippen molar-refractivity contribution in [1.82, 2.24) is 10.2 Å². The largest absolute Gasteiger partial charge is 0.469 e. The third-order valence-corrected chi connectivity index (χ3v) is 5.45. The van der Waals surface area contributed by atoms with Gasteiger partial charge in [-0.3, -0.25) is 0 Å². The van der Waals surface area contributed by atoms with E-state index >= 15 is 0 Å². The highest BCUT2D eigenvalue weighted by atomic mass is 16.5. The number of fused-ring (bicyclic) bond motifs is 1. The second kappa shape index (κ2) is 8.05. The predicted octanol–water partition coefficient (Wildman–Crippen LogP) is 3.34. The number of rotatable bonds is 4. The van der Waals surface area contributed by atoms with Crippen LogP contribution < -0.4 is 10.2 Å². The van der Waals surface area contributed by atoms with E-state index in [4.69, 9.17) is 9.15 Å². The summed E-state index contributed by atoms with van der Waals surface area (Å²) < 4.78 is 11.0. The Morgan fingerprint density at radius 1 is 1.26 bits per heavy atom. The maximum atomic E-state index is 12.8. The number of hydrogen-bond acceptors (Lipinski definition) is 4. The van der Waals surface area contributed by atoms with E-state index in [2.05, 4.69) is 28.4 Å². The van der Waals surface area contributed by atoms with E-state index in [1.807, 2.05) is 19.2 Å². The number of carbonyl (C=O) groups excluding carboxylic acids is 1. The van der Waals surface area contributed by atoms with Gasteiger partial charge in [0.15, 0.2) is 0 Å². The lowest BCUT2D eigenvalue weighted by Crippen LogP contribution is -2.40. The van der Waals surface area contributed by atoms with E-state index in [9.17, 15) is 4.79 Å². The Morgan fingerprint density at radius 2 is 2.07 bits per heavy atom. The molecule has 1 saturated heterocycles. The molecule has 2 heterocycles. The number of aryl methyl sites for hydroxylation is 1. The molecule has 0 radical (unpaired) electrons. The molecule has 1 N–H and O–H groups in total. The fourth-order valence-corrected chi connectivity index (χ4v) is 3.98. The Bertz CT molecular complexity index is 782. The SMILES string of the molecule is CN(Cc1ccccc1N1CCOCC1)C(=O)NC1CCCc2occc21. The summed E-state index contributed by atoms with van der Waals surface area (Å²) in [6.45, 7) is 3.85. The molecule has 6 nitrogen and oxygen atoms in total. The zero-order chi connectivity index (χ0) is 18.6. The van der Waals surface area contributed by atoms with E-state index in [0.717, 1.165) is 62.5 Å². The molecule has 0 bridgehead atoms. The van der Waals surface area contributed by atoms with Crippen molar-refractivity contribution in [1.29, 1.82) is 0 Å². The quantitative estimate of drug-likeness (QED) is 0.898. The molecule has 27 heavy (non-hydrogen) atoms. The van der Waals surface area contributed by atoms with Crippen LogP contribution in [-0.2, 0) is 17.7 Å². The summed E-state index contributed by atoms with van der Waals surface area (Å²) in [6.07, 6.45) is 4.67. The molecule has 144 valence electrons. The average molecular weight is 369 g/mol. The normalized spacial score (nSPS) is 19.4. The number of furan rings is 1. The third kappa shape index (κ3) is 3.95. The van der Waals surface area contributed by atoms with Gasteiger partial charge in [0, 0.05) is 44.4 Å². The average Bonchev–Trinajstić information content (AvgIpc) is 3.19. The lowest BCUT2D eigenvalue weighted by atomic mass is 9.93. The predicted molar refractivity (Wildman–Crippen MR) is 104 cm³/mol. The van der Waals surface area contributed by atoms with Crippen molar-refractivity contribution >= 4 is 11.7 Å². The molecule has 1 aliphatic carbocycles. The van der Waals surface area contributed by atoms with Crippen LogP contribution >= 0.6 is 0 Å². The van der Waals surface area contributed by atoms with Crippen molar-refractivity contribution in [2.24, 2.45) is 0 Å². The zero-order valence-electron chi connectivity index (χ0n) is 15.8. The van der Waals surface area contributed by atoms with Crippen molar-refractivity contribution in [2.45, 2.75) is 31.8 Å². The standard InChI is InChI=1S/C21H27N3O3/c1-23(21(25)22-18-6-4-8-20-17(18)9-12-27-20)15-16-5-2-3-7-19(16)24-10-13-26-14-11-24/h2-3,5,7,9,12,18H,4,6,8,10-11,13-15H2,1H3,(H,22,25). The number of benzene rings is 1. The second-order valence-electron chi connectivity index (χ2n) is 7.28. The van der Waals surface area contributed by atoms with Crippen molar-refractivity contribution in [3.8, 4) is 0 Å². The number of carbonyl (C=O) groups is 1. The smallest absolute Gasteiger partial charge is 0.317 e. The Balaban J connectivity index is 1.42. The van der Waals surface area contributed by atoms with Crippen molar-refractivity contribution in [3.63, 3.8) is 0 Å². The number of amides is 2. The fraction of sp³-hybridized carbons (Fsp3) is 0.476. The Hall–Kier alpha value is -2.47. The summed E-state index contributed by atoms with van der Waals surface area (Å²) in [7, 11) is 1.85. The summed E-state index contributed by atoms with van der Waals surface area (Å²) in [5.74, 6) is 1.01. The number of ether oxygens (including phenoxy) is 1. The number of morpholine rings is 1. The maximum Gasteiger partial charge on any atom is 0.317 e. The summed E-state index contributed by atoms with van der Waals surface area (Å²) in [5, 5.41) is 3.17. The van der Waals surface area contributed by atoms with Gasteiger partial charge in [-0.15, -0.1) is 0 Å². The van der Waals surface area contributed by atoms with Crippen LogP contribution in [0.2, 0.25) is 0 Å². The van der Waals surface area contributed by atoms with Crippen LogP contribution in [0.15, 0.2) is 41.0 Å². The van der Waals surface area contributed by atoms with Gasteiger partial charge in [-0.1, -0.05) is 18.2 Å². The zero-order valence-corrected chi connectivity index (χ0v) is 15.8. The first-order valence-corrected chi connectivity index (χ1v) is 9.71. The van der Waals surface area contributed by atoms with Crippen LogP contribution in [0.3, 0.4) is 0 Å². The minimum atomic E-state index is -0.0502. The van der Waals surface area contributed by atoms with Gasteiger partial charge in [0.1, 0.15) is 5.76 Å². The minimum absolute atomic E-state index is 0.0388. The van der Waals surface area contributed by atoms with Gasteiger partial charge in [0.05, 0.1) is 25.5 Å². The molecule has 1 atom stereocenters. The number of nitrogens with one attached hydrogen (secondary N) is 1. The second-order valence-corrected chi connectivity index (χ2v) is 7.28. The lowest BCUT2D eigenvalue weighted by molar-refractivity contribution is 0.122. The molecule has 0 saturated carbocycles. The summed E-state index contributed by atoms with van der Waals surface area (Å²) in [4.78, 5) is 16.9. The van der Waals surface area contributed by atoms with Gasteiger partial charge in [-0.25, -0.2) is 4.79 Å². The number of urea groups is 1. The molecule has 2 aliphatic rings. The Morgan fingerprint density at radius 3 is 2.93 bits per heavy atom. The van der Waals surface area contributed by atoms with Gasteiger partial charge in [-0.2, -0.15) is 0 Å². The summed E-state index contributed by atoms with van der Waals surface area (Å²) in [6, 6.07) is 10.3. The molecule has 6 heteroatoms. The maximum absolute atomic E-state index is 12.8. The topological polar surface area (TPSA) is 58.0 Å². The van der Waals surface area contributed by atoms with Crippen LogP contribution in [-0.4, -0.2) is 44.3 Å². The first-order chi connectivity index (χ1) is 13.2. The molecule has 2 amide bonds. The fourth-order valence-electron chi connectivity index (χ4n) is 3.98. The Labute approximate surface area is 160 Å². The molecule has 1 aliphatic heterocycles. The molecule has 1 aromatic carbocycles. The highest BCUT2D eigenvalue weighted by Crippen LogP contribution is 2.30. The molecule has 4 rings (SSSR count). The molecule has 2 aromatic rings. The first kappa shape index (κ1) is 17.9. The minimum Gasteiger partial charge on any atom is -0.469 e. The summed E-state index contributed by atoms with van der Waals surface area (Å²) in [5.41, 5.74) is 3.47. The van der Waals surface area contributed by atoms with E-state index < -0.39 is 0 Å². The van der Waals surface area contributed by atoms with E-state index in [0.29, 0.717) is 6.54 Å². The van der Waals surface area contributed by atoms with E-state index in [-0.39, 0.29) is 12.1 Å². The van der Waals surface area contributed by atoms with Gasteiger partial charge in [0.25, 0.3) is 0 Å². The number of nitrogens with zero attached hydrogens (tertiary/aromatic N) is 2. The molecule has 1 unspecified atom stereocenters. The summed E-state index contributed by atoms with van der Waals surface area (Å²) >= 11 is 0. The first-order valence-electron chi connectivity index (χ1n) is 9.71. The molecule has 1 aromatic heterocycles. The van der Waals surface area contributed by atoms with E-state index in [1.54, 1.807) is 11.2 Å². The van der Waals surface area contributed by atoms with Crippen molar-refractivity contribution < 1.29 is 13.9 Å². The van der Waals surface area contributed by atoms with Crippen molar-refractivity contribution in [3.05, 3.63) is 53.5 Å². The number of anilines is 1. The van der Waals surface area contributed by atoms with Gasteiger partial charge < -0.3 is 24.3 Å². The molecular weight excluding hydrogens is 342 g/mol. The van der Waals surface area contributed by atoms with E-state index in [1.165, 1.54) is 5.69 Å². The van der Waals surface area contributed by atoms with Crippen LogP contribution in [0.1, 0.15) is 35.8 Å². The van der Waals surface area contributed by atoms with Gasteiger partial charge in [-0.05, 0) is 30.5 Å². The van der Waals surface area contributed by atoms with Crippen LogP contribution in [0.25, 0.3) is 0 Å². The molecular formula is C21H27N3O3. The number of para-hydroxylation sites is 1. The monoisotopic (exact) mass is 369 g/mol. The highest BCUT2D eigenvalue weighted by molar-refractivity contribution is 5.75. The number of hydrogen-bond donors (Lipinski definition) is 1. The molecule has 1 fully saturated rings. The highest BCUT2D eigenvalue weighted by Gasteiger charge is 2.25. The van der Waals surface area contributed by atoms with Crippen molar-refractivity contribution in [2.75, 3.05) is 38.3 Å². The van der Waals surface area contributed by atoms with Crippen LogP contribution in [0, 0.1) is 0 Å². The van der Waals surface area contributed by atoms with Gasteiger partial charge in [0.2, 0.25) is 0 Å². The third-order valence-electron chi connectivity index (χ3n) is 5.45.